The molecule has 0 aliphatic heterocycles. The highest BCUT2D eigenvalue weighted by Crippen LogP contribution is 2.31. The van der Waals surface area contributed by atoms with Gasteiger partial charge in [-0.15, -0.1) is 0 Å². The average Bonchev–Trinajstić information content (AvgIpc) is 2.45. The van der Waals surface area contributed by atoms with Crippen LogP contribution in [0.25, 0.3) is 0 Å². The fourth-order valence-corrected chi connectivity index (χ4v) is 2.04. The van der Waals surface area contributed by atoms with Gasteiger partial charge in [-0.2, -0.15) is 0 Å². The highest BCUT2D eigenvalue weighted by atomic mass is 14.2. The monoisotopic (exact) mass is 166 g/mol. The molecular weight excluding hydrogens is 144 g/mol. The third kappa shape index (κ3) is 3.42. The second kappa shape index (κ2) is 5.40. The Bertz CT molecular complexity index is 135. The Hall–Kier alpha value is -0.260. The van der Waals surface area contributed by atoms with E-state index in [0.717, 1.165) is 11.8 Å². The maximum absolute atomic E-state index is 2.46. The molecule has 0 aromatic rings. The first-order valence-electron chi connectivity index (χ1n) is 5.49. The zero-order chi connectivity index (χ0) is 8.81. The number of hydrogen-bond acceptors (Lipinski definition) is 0. The predicted octanol–water partition coefficient (Wildman–Crippen LogP) is 4.17. The number of hydrogen-bond donors (Lipinski definition) is 0. The molecule has 0 N–H and O–H groups in total. The van der Waals surface area contributed by atoms with E-state index in [1.54, 1.807) is 0 Å². The molecule has 1 aliphatic carbocycles. The van der Waals surface area contributed by atoms with Crippen molar-refractivity contribution in [3.8, 4) is 0 Å². The van der Waals surface area contributed by atoms with Crippen LogP contribution in [0.5, 0.6) is 0 Å². The Morgan fingerprint density at radius 2 is 2.17 bits per heavy atom. The van der Waals surface area contributed by atoms with E-state index in [0.29, 0.717) is 0 Å². The molecule has 70 valence electrons. The van der Waals surface area contributed by atoms with Crippen LogP contribution in [0.4, 0.5) is 0 Å². The quantitative estimate of drug-likeness (QED) is 0.434. The summed E-state index contributed by atoms with van der Waals surface area (Å²) in [6.07, 6.45) is 13.1. The summed E-state index contributed by atoms with van der Waals surface area (Å²) in [5.74, 6) is 1.89. The molecule has 0 spiro atoms. The zero-order valence-electron chi connectivity index (χ0n) is 8.55. The van der Waals surface area contributed by atoms with Crippen LogP contribution in [0, 0.1) is 11.8 Å². The van der Waals surface area contributed by atoms with Crippen LogP contribution in [-0.2, 0) is 0 Å². The van der Waals surface area contributed by atoms with E-state index in [-0.39, 0.29) is 0 Å². The minimum atomic E-state index is 0.914. The maximum Gasteiger partial charge on any atom is -0.0231 e. The Morgan fingerprint density at radius 3 is 2.75 bits per heavy atom. The van der Waals surface area contributed by atoms with Crippen molar-refractivity contribution in [3.05, 3.63) is 12.2 Å². The van der Waals surface area contributed by atoms with E-state index in [2.05, 4.69) is 26.0 Å². The molecule has 0 amide bonds. The lowest BCUT2D eigenvalue weighted by Gasteiger charge is -2.01. The summed E-state index contributed by atoms with van der Waals surface area (Å²) in [6, 6.07) is 0. The third-order valence-corrected chi connectivity index (χ3v) is 2.87. The molecule has 1 saturated carbocycles. The molecule has 0 heteroatoms. The maximum atomic E-state index is 2.46. The van der Waals surface area contributed by atoms with E-state index in [1.165, 1.54) is 38.5 Å². The van der Waals surface area contributed by atoms with Gasteiger partial charge in [0.25, 0.3) is 0 Å². The molecule has 1 aliphatic rings. The zero-order valence-corrected chi connectivity index (χ0v) is 8.55. The lowest BCUT2D eigenvalue weighted by Crippen LogP contribution is -1.88. The highest BCUT2D eigenvalue weighted by molar-refractivity contribution is 4.92. The molecule has 0 nitrogen and oxygen atoms in total. The van der Waals surface area contributed by atoms with Gasteiger partial charge in [0, 0.05) is 0 Å². The van der Waals surface area contributed by atoms with Crippen LogP contribution < -0.4 is 0 Å². The summed E-state index contributed by atoms with van der Waals surface area (Å²) in [6.45, 7) is 4.63. The van der Waals surface area contributed by atoms with Crippen LogP contribution in [0.3, 0.4) is 0 Å². The SMILES string of the molecule is CCCCC=C[C@H]1CC[C@@H](C)C1. The molecule has 2 atom stereocenters. The van der Waals surface area contributed by atoms with Gasteiger partial charge in [0.2, 0.25) is 0 Å². The second-order valence-corrected chi connectivity index (χ2v) is 4.25. The normalized spacial score (nSPS) is 30.2. The van der Waals surface area contributed by atoms with Crippen molar-refractivity contribution in [1.29, 1.82) is 0 Å². The van der Waals surface area contributed by atoms with Gasteiger partial charge in [-0.1, -0.05) is 45.3 Å². The minimum Gasteiger partial charge on any atom is -0.0883 e. The van der Waals surface area contributed by atoms with Crippen molar-refractivity contribution >= 4 is 0 Å². The van der Waals surface area contributed by atoms with Gasteiger partial charge < -0.3 is 0 Å². The first-order valence-corrected chi connectivity index (χ1v) is 5.49. The lowest BCUT2D eigenvalue weighted by atomic mass is 10.1. The Kier molecular flexibility index (Phi) is 4.42. The van der Waals surface area contributed by atoms with Gasteiger partial charge >= 0.3 is 0 Å². The Balaban J connectivity index is 2.10. The minimum absolute atomic E-state index is 0.914. The van der Waals surface area contributed by atoms with Crippen LogP contribution in [0.2, 0.25) is 0 Å². The molecule has 0 bridgehead atoms. The molecule has 1 rings (SSSR count). The summed E-state index contributed by atoms with van der Waals surface area (Å²) in [5.41, 5.74) is 0. The molecule has 0 unspecified atom stereocenters. The summed E-state index contributed by atoms with van der Waals surface area (Å²) < 4.78 is 0. The van der Waals surface area contributed by atoms with E-state index in [4.69, 9.17) is 0 Å². The van der Waals surface area contributed by atoms with Gasteiger partial charge in [-0.3, -0.25) is 0 Å². The van der Waals surface area contributed by atoms with Crippen LogP contribution >= 0.6 is 0 Å². The van der Waals surface area contributed by atoms with Gasteiger partial charge in [0.05, 0.1) is 0 Å². The number of allylic oxidation sites excluding steroid dienone is 2. The lowest BCUT2D eigenvalue weighted by molar-refractivity contribution is 0.585. The van der Waals surface area contributed by atoms with Gasteiger partial charge in [0.1, 0.15) is 0 Å². The molecule has 1 fully saturated rings. The fourth-order valence-electron chi connectivity index (χ4n) is 2.04. The smallest absolute Gasteiger partial charge is 0.0231 e. The van der Waals surface area contributed by atoms with Crippen LogP contribution in [-0.4, -0.2) is 0 Å². The average molecular weight is 166 g/mol. The highest BCUT2D eigenvalue weighted by Gasteiger charge is 2.18. The Morgan fingerprint density at radius 1 is 1.33 bits per heavy atom. The van der Waals surface area contributed by atoms with Crippen molar-refractivity contribution < 1.29 is 0 Å². The molecule has 0 saturated heterocycles. The summed E-state index contributed by atoms with van der Waals surface area (Å²) in [4.78, 5) is 0. The van der Waals surface area contributed by atoms with Crippen LogP contribution in [0.15, 0.2) is 12.2 Å². The van der Waals surface area contributed by atoms with Gasteiger partial charge in [0.15, 0.2) is 0 Å². The molecular formula is C12H22. The van der Waals surface area contributed by atoms with E-state index in [9.17, 15) is 0 Å². The van der Waals surface area contributed by atoms with E-state index < -0.39 is 0 Å². The van der Waals surface area contributed by atoms with Crippen molar-refractivity contribution in [3.63, 3.8) is 0 Å². The fraction of sp³-hybridized carbons (Fsp3) is 0.833. The van der Waals surface area contributed by atoms with Crippen molar-refractivity contribution in [2.24, 2.45) is 11.8 Å². The summed E-state index contributed by atoms with van der Waals surface area (Å²) in [5, 5.41) is 0. The van der Waals surface area contributed by atoms with Gasteiger partial charge in [-0.05, 0) is 31.1 Å². The molecule has 12 heavy (non-hydrogen) atoms. The Labute approximate surface area is 77.1 Å². The predicted molar refractivity (Wildman–Crippen MR) is 55.2 cm³/mol. The molecule has 0 aromatic carbocycles. The summed E-state index contributed by atoms with van der Waals surface area (Å²) >= 11 is 0. The van der Waals surface area contributed by atoms with E-state index >= 15 is 0 Å². The van der Waals surface area contributed by atoms with Crippen molar-refractivity contribution in [2.45, 2.75) is 52.4 Å². The summed E-state index contributed by atoms with van der Waals surface area (Å²) in [7, 11) is 0. The third-order valence-electron chi connectivity index (χ3n) is 2.87. The van der Waals surface area contributed by atoms with Crippen molar-refractivity contribution in [2.75, 3.05) is 0 Å². The number of rotatable bonds is 4. The first kappa shape index (κ1) is 9.83. The number of unbranched alkanes of at least 4 members (excludes halogenated alkanes) is 2. The standard InChI is InChI=1S/C12H22/c1-3-4-5-6-7-12-9-8-11(2)10-12/h6-7,11-12H,3-5,8-10H2,1-2H3/t11-,12+/m1/s1. The topological polar surface area (TPSA) is 0 Å². The largest absolute Gasteiger partial charge is 0.0883 e. The second-order valence-electron chi connectivity index (χ2n) is 4.25. The van der Waals surface area contributed by atoms with Gasteiger partial charge in [-0.25, -0.2) is 0 Å². The first-order chi connectivity index (χ1) is 5.83. The van der Waals surface area contributed by atoms with Crippen molar-refractivity contribution in [1.82, 2.24) is 0 Å². The molecule has 0 radical (unpaired) electrons. The van der Waals surface area contributed by atoms with Crippen LogP contribution in [0.1, 0.15) is 52.4 Å². The van der Waals surface area contributed by atoms with E-state index in [1.807, 2.05) is 0 Å². The molecule has 0 heterocycles. The molecule has 0 aromatic heterocycles.